The average Bonchev–Trinajstić information content (AvgIpc) is 2.82. The number of amides is 2. The number of aromatic nitrogens is 1. The highest BCUT2D eigenvalue weighted by molar-refractivity contribution is 7.89. The van der Waals surface area contributed by atoms with Crippen LogP contribution in [0.15, 0.2) is 53.7 Å². The Kier molecular flexibility index (Phi) is 8.57. The Morgan fingerprint density at radius 3 is 2.56 bits per heavy atom. The zero-order chi connectivity index (χ0) is 23.0. The molecule has 2 amide bonds. The van der Waals surface area contributed by atoms with E-state index in [0.29, 0.717) is 38.0 Å². The summed E-state index contributed by atoms with van der Waals surface area (Å²) in [6, 6.07) is 9.91. The number of likely N-dealkylation sites (N-methyl/N-ethyl adjacent to an activating group) is 1. The lowest BCUT2D eigenvalue weighted by Crippen LogP contribution is -2.46. The van der Waals surface area contributed by atoms with Crippen LogP contribution in [0.5, 0.6) is 0 Å². The summed E-state index contributed by atoms with van der Waals surface area (Å²) in [5, 5.41) is 5.45. The van der Waals surface area contributed by atoms with Crippen LogP contribution in [0.3, 0.4) is 0 Å². The number of ether oxygens (including phenoxy) is 1. The number of nitrogens with zero attached hydrogens (tertiary/aromatic N) is 3. The molecule has 1 aromatic heterocycles. The SMILES string of the molecule is COCCN(C)C1CCN(S(=O)(=O)c2ccc(NC(=O)NCc3cccnc3)cc2)CC1. The fourth-order valence-electron chi connectivity index (χ4n) is 3.66. The molecular weight excluding hydrogens is 430 g/mol. The molecule has 0 bridgehead atoms. The molecule has 1 aromatic carbocycles. The predicted molar refractivity (Wildman–Crippen MR) is 123 cm³/mol. The van der Waals surface area contributed by atoms with Gasteiger partial charge in [0.15, 0.2) is 0 Å². The van der Waals surface area contributed by atoms with Crippen molar-refractivity contribution in [3.05, 3.63) is 54.4 Å². The molecule has 1 fully saturated rings. The number of benzene rings is 1. The Hall–Kier alpha value is -2.53. The summed E-state index contributed by atoms with van der Waals surface area (Å²) in [5.74, 6) is 0. The second kappa shape index (κ2) is 11.4. The number of nitrogens with one attached hydrogen (secondary N) is 2. The zero-order valence-corrected chi connectivity index (χ0v) is 19.3. The Morgan fingerprint density at radius 2 is 1.94 bits per heavy atom. The highest BCUT2D eigenvalue weighted by Crippen LogP contribution is 2.23. The summed E-state index contributed by atoms with van der Waals surface area (Å²) < 4.78 is 32.7. The molecule has 0 spiro atoms. The lowest BCUT2D eigenvalue weighted by atomic mass is 10.1. The lowest BCUT2D eigenvalue weighted by molar-refractivity contribution is 0.115. The standard InChI is InChI=1S/C22H31N5O4S/c1-26(14-15-31-2)20-9-12-27(13-10-20)32(29,30)21-7-5-19(6-8-21)25-22(28)24-17-18-4-3-11-23-16-18/h3-8,11,16,20H,9-10,12-15,17H2,1-2H3,(H2,24,25,28). The third kappa shape index (κ3) is 6.49. The van der Waals surface area contributed by atoms with Gasteiger partial charge in [-0.1, -0.05) is 6.07 Å². The van der Waals surface area contributed by atoms with Crippen LogP contribution in [0.2, 0.25) is 0 Å². The highest BCUT2D eigenvalue weighted by Gasteiger charge is 2.30. The minimum atomic E-state index is -3.56. The quantitative estimate of drug-likeness (QED) is 0.593. The molecule has 0 saturated carbocycles. The van der Waals surface area contributed by atoms with Gasteiger partial charge in [-0.2, -0.15) is 4.31 Å². The van der Waals surface area contributed by atoms with E-state index < -0.39 is 10.0 Å². The van der Waals surface area contributed by atoms with Gasteiger partial charge in [0, 0.05) is 57.4 Å². The van der Waals surface area contributed by atoms with Gasteiger partial charge in [0.05, 0.1) is 11.5 Å². The Bertz CT molecular complexity index is 962. The van der Waals surface area contributed by atoms with Crippen LogP contribution >= 0.6 is 0 Å². The van der Waals surface area contributed by atoms with Crippen LogP contribution in [-0.2, 0) is 21.3 Å². The molecule has 3 rings (SSSR count). The maximum atomic E-state index is 13.0. The van der Waals surface area contributed by atoms with Gasteiger partial charge in [-0.25, -0.2) is 13.2 Å². The van der Waals surface area contributed by atoms with Crippen molar-refractivity contribution in [2.75, 3.05) is 45.7 Å². The number of hydrogen-bond acceptors (Lipinski definition) is 6. The third-order valence-electron chi connectivity index (χ3n) is 5.62. The van der Waals surface area contributed by atoms with Crippen molar-refractivity contribution in [1.82, 2.24) is 19.5 Å². The molecule has 0 radical (unpaired) electrons. The fourth-order valence-corrected chi connectivity index (χ4v) is 5.13. The van der Waals surface area contributed by atoms with E-state index in [-0.39, 0.29) is 10.9 Å². The summed E-state index contributed by atoms with van der Waals surface area (Å²) in [7, 11) is 0.163. The Balaban J connectivity index is 1.51. The molecule has 2 aromatic rings. The number of anilines is 1. The molecule has 174 valence electrons. The molecule has 10 heteroatoms. The molecule has 32 heavy (non-hydrogen) atoms. The summed E-state index contributed by atoms with van der Waals surface area (Å²) in [6.45, 7) is 2.82. The van der Waals surface area contributed by atoms with Gasteiger partial charge in [-0.3, -0.25) is 4.98 Å². The van der Waals surface area contributed by atoms with Gasteiger partial charge in [0.2, 0.25) is 10.0 Å². The smallest absolute Gasteiger partial charge is 0.319 e. The van der Waals surface area contributed by atoms with E-state index in [2.05, 4.69) is 20.5 Å². The molecule has 1 saturated heterocycles. The fraction of sp³-hybridized carbons (Fsp3) is 0.455. The van der Waals surface area contributed by atoms with E-state index >= 15 is 0 Å². The van der Waals surface area contributed by atoms with Crippen LogP contribution in [0.25, 0.3) is 0 Å². The van der Waals surface area contributed by atoms with E-state index in [0.717, 1.165) is 24.9 Å². The maximum absolute atomic E-state index is 13.0. The normalized spacial score (nSPS) is 15.6. The number of piperidine rings is 1. The van der Waals surface area contributed by atoms with Gasteiger partial charge in [-0.15, -0.1) is 0 Å². The van der Waals surface area contributed by atoms with Gasteiger partial charge >= 0.3 is 6.03 Å². The van der Waals surface area contributed by atoms with Crippen LogP contribution in [0.1, 0.15) is 18.4 Å². The summed E-state index contributed by atoms with van der Waals surface area (Å²) >= 11 is 0. The van der Waals surface area contributed by atoms with E-state index in [9.17, 15) is 13.2 Å². The zero-order valence-electron chi connectivity index (χ0n) is 18.5. The number of urea groups is 1. The van der Waals surface area contributed by atoms with E-state index in [1.54, 1.807) is 37.7 Å². The molecule has 2 N–H and O–H groups in total. The number of methoxy groups -OCH3 is 1. The average molecular weight is 462 g/mol. The highest BCUT2D eigenvalue weighted by atomic mass is 32.2. The van der Waals surface area contributed by atoms with Crippen LogP contribution < -0.4 is 10.6 Å². The Labute approximate surface area is 189 Å². The minimum absolute atomic E-state index is 0.227. The third-order valence-corrected chi connectivity index (χ3v) is 7.53. The summed E-state index contributed by atoms with van der Waals surface area (Å²) in [5.41, 5.74) is 1.41. The molecule has 1 aliphatic rings. The maximum Gasteiger partial charge on any atom is 0.319 e. The molecule has 1 aliphatic heterocycles. The summed E-state index contributed by atoms with van der Waals surface area (Å²) in [6.07, 6.45) is 4.93. The van der Waals surface area contributed by atoms with Crippen molar-refractivity contribution in [2.45, 2.75) is 30.3 Å². The monoisotopic (exact) mass is 461 g/mol. The number of carbonyl (C=O) groups excluding carboxylic acids is 1. The van der Waals surface area contributed by atoms with Crippen LogP contribution in [0, 0.1) is 0 Å². The van der Waals surface area contributed by atoms with Crippen LogP contribution in [0.4, 0.5) is 10.5 Å². The van der Waals surface area contributed by atoms with Crippen molar-refractivity contribution < 1.29 is 17.9 Å². The van der Waals surface area contributed by atoms with Crippen molar-refractivity contribution >= 4 is 21.7 Å². The Morgan fingerprint density at radius 1 is 1.22 bits per heavy atom. The molecule has 0 aliphatic carbocycles. The second-order valence-corrected chi connectivity index (χ2v) is 9.74. The first kappa shape index (κ1) is 24.1. The van der Waals surface area contributed by atoms with Crippen molar-refractivity contribution in [3.8, 4) is 0 Å². The van der Waals surface area contributed by atoms with Crippen molar-refractivity contribution in [1.29, 1.82) is 0 Å². The van der Waals surface area contributed by atoms with E-state index in [4.69, 9.17) is 4.74 Å². The van der Waals surface area contributed by atoms with Gasteiger partial charge in [-0.05, 0) is 55.8 Å². The first-order valence-corrected chi connectivity index (χ1v) is 12.1. The molecule has 9 nitrogen and oxygen atoms in total. The topological polar surface area (TPSA) is 104 Å². The minimum Gasteiger partial charge on any atom is -0.383 e. The van der Waals surface area contributed by atoms with E-state index in [1.165, 1.54) is 16.4 Å². The van der Waals surface area contributed by atoms with Gasteiger partial charge < -0.3 is 20.3 Å². The molecule has 2 heterocycles. The molecule has 0 atom stereocenters. The molecular formula is C22H31N5O4S. The number of pyridine rings is 1. The number of rotatable bonds is 9. The van der Waals surface area contributed by atoms with Crippen molar-refractivity contribution in [2.24, 2.45) is 0 Å². The summed E-state index contributed by atoms with van der Waals surface area (Å²) in [4.78, 5) is 18.5. The van der Waals surface area contributed by atoms with Crippen LogP contribution in [-0.4, -0.2) is 75.1 Å². The predicted octanol–water partition coefficient (Wildman–Crippen LogP) is 2.13. The number of hydrogen-bond donors (Lipinski definition) is 2. The first-order valence-electron chi connectivity index (χ1n) is 10.6. The second-order valence-electron chi connectivity index (χ2n) is 7.80. The van der Waals surface area contributed by atoms with Crippen molar-refractivity contribution in [3.63, 3.8) is 0 Å². The number of carbonyl (C=O) groups is 1. The van der Waals surface area contributed by atoms with Gasteiger partial charge in [0.1, 0.15) is 0 Å². The lowest BCUT2D eigenvalue weighted by Gasteiger charge is -2.36. The van der Waals surface area contributed by atoms with E-state index in [1.807, 2.05) is 13.1 Å². The molecule has 0 unspecified atom stereocenters. The largest absolute Gasteiger partial charge is 0.383 e. The first-order chi connectivity index (χ1) is 15.4. The number of sulfonamides is 1. The van der Waals surface area contributed by atoms with Gasteiger partial charge in [0.25, 0.3) is 0 Å².